The van der Waals surface area contributed by atoms with Gasteiger partial charge in [-0.3, -0.25) is 4.99 Å². The third-order valence-electron chi connectivity index (χ3n) is 3.50. The summed E-state index contributed by atoms with van der Waals surface area (Å²) >= 11 is 0. The molecular formula is C15H26FIN4. The zero-order valence-electron chi connectivity index (χ0n) is 13.4. The second-order valence-corrected chi connectivity index (χ2v) is 5.61. The van der Waals surface area contributed by atoms with Crippen LogP contribution >= 0.6 is 24.0 Å². The molecule has 0 spiro atoms. The molecule has 6 heteroatoms. The van der Waals surface area contributed by atoms with Gasteiger partial charge in [0.25, 0.3) is 0 Å². The number of hydrogen-bond donors (Lipinski definition) is 2. The molecule has 0 aromatic heterocycles. The van der Waals surface area contributed by atoms with Crippen LogP contribution in [0.1, 0.15) is 19.4 Å². The van der Waals surface area contributed by atoms with E-state index in [4.69, 9.17) is 0 Å². The average molecular weight is 408 g/mol. The Kier molecular flexibility index (Phi) is 8.80. The van der Waals surface area contributed by atoms with Gasteiger partial charge in [-0.1, -0.05) is 12.1 Å². The van der Waals surface area contributed by atoms with E-state index in [1.54, 1.807) is 19.2 Å². The Morgan fingerprint density at radius 3 is 2.24 bits per heavy atom. The predicted octanol–water partition coefficient (Wildman–Crippen LogP) is 2.45. The molecule has 0 saturated carbocycles. The van der Waals surface area contributed by atoms with Gasteiger partial charge in [-0.2, -0.15) is 0 Å². The molecule has 0 aliphatic heterocycles. The molecule has 0 radical (unpaired) electrons. The third-order valence-corrected chi connectivity index (χ3v) is 3.50. The SMILES string of the molecule is CN=C(NCc1ccc(F)cc1)NCC(C)(C)N(C)C.I. The molecule has 0 fully saturated rings. The van der Waals surface area contributed by atoms with Crippen LogP contribution in [-0.2, 0) is 6.54 Å². The van der Waals surface area contributed by atoms with E-state index in [-0.39, 0.29) is 35.3 Å². The fourth-order valence-corrected chi connectivity index (χ4v) is 1.47. The van der Waals surface area contributed by atoms with Crippen molar-refractivity contribution in [1.82, 2.24) is 15.5 Å². The summed E-state index contributed by atoms with van der Waals surface area (Å²) in [5, 5.41) is 6.51. The van der Waals surface area contributed by atoms with Crippen molar-refractivity contribution >= 4 is 29.9 Å². The molecule has 21 heavy (non-hydrogen) atoms. The van der Waals surface area contributed by atoms with Crippen LogP contribution in [-0.4, -0.2) is 44.1 Å². The summed E-state index contributed by atoms with van der Waals surface area (Å²) in [6.45, 7) is 5.71. The van der Waals surface area contributed by atoms with Crippen LogP contribution in [0.2, 0.25) is 0 Å². The lowest BCUT2D eigenvalue weighted by Gasteiger charge is -2.33. The Hall–Kier alpha value is -0.890. The lowest BCUT2D eigenvalue weighted by Crippen LogP contribution is -2.50. The number of halogens is 2. The summed E-state index contributed by atoms with van der Waals surface area (Å²) in [5.74, 6) is 0.522. The van der Waals surface area contributed by atoms with Crippen LogP contribution in [0.4, 0.5) is 4.39 Å². The molecule has 4 nitrogen and oxygen atoms in total. The van der Waals surface area contributed by atoms with E-state index in [0.717, 1.165) is 18.1 Å². The van der Waals surface area contributed by atoms with Gasteiger partial charge in [0.2, 0.25) is 0 Å². The monoisotopic (exact) mass is 408 g/mol. The summed E-state index contributed by atoms with van der Waals surface area (Å²) in [4.78, 5) is 6.34. The smallest absolute Gasteiger partial charge is 0.191 e. The predicted molar refractivity (Wildman–Crippen MR) is 97.8 cm³/mol. The van der Waals surface area contributed by atoms with Gasteiger partial charge >= 0.3 is 0 Å². The highest BCUT2D eigenvalue weighted by atomic mass is 127. The van der Waals surface area contributed by atoms with E-state index >= 15 is 0 Å². The number of hydrogen-bond acceptors (Lipinski definition) is 2. The van der Waals surface area contributed by atoms with Crippen LogP contribution < -0.4 is 10.6 Å². The Morgan fingerprint density at radius 2 is 1.76 bits per heavy atom. The van der Waals surface area contributed by atoms with Gasteiger partial charge in [-0.05, 0) is 45.6 Å². The minimum absolute atomic E-state index is 0. The third kappa shape index (κ3) is 7.08. The quantitative estimate of drug-likeness (QED) is 0.447. The van der Waals surface area contributed by atoms with Crippen molar-refractivity contribution in [1.29, 1.82) is 0 Å². The minimum Gasteiger partial charge on any atom is -0.355 e. The second kappa shape index (κ2) is 9.19. The van der Waals surface area contributed by atoms with Crippen LogP contribution in [0, 0.1) is 5.82 Å². The molecule has 0 amide bonds. The zero-order valence-corrected chi connectivity index (χ0v) is 15.7. The molecule has 0 bridgehead atoms. The largest absolute Gasteiger partial charge is 0.355 e. The van der Waals surface area contributed by atoms with E-state index in [2.05, 4.69) is 48.5 Å². The highest BCUT2D eigenvalue weighted by Gasteiger charge is 2.20. The van der Waals surface area contributed by atoms with Crippen molar-refractivity contribution in [3.63, 3.8) is 0 Å². The fourth-order valence-electron chi connectivity index (χ4n) is 1.47. The molecule has 0 atom stereocenters. The van der Waals surface area contributed by atoms with Gasteiger partial charge < -0.3 is 15.5 Å². The number of aliphatic imine (C=N–C) groups is 1. The van der Waals surface area contributed by atoms with Gasteiger partial charge in [-0.15, -0.1) is 24.0 Å². The maximum atomic E-state index is 12.8. The maximum absolute atomic E-state index is 12.8. The second-order valence-electron chi connectivity index (χ2n) is 5.61. The molecule has 0 saturated heterocycles. The number of rotatable bonds is 5. The highest BCUT2D eigenvalue weighted by Crippen LogP contribution is 2.07. The Labute approximate surface area is 144 Å². The van der Waals surface area contributed by atoms with Crippen LogP contribution in [0.5, 0.6) is 0 Å². The lowest BCUT2D eigenvalue weighted by molar-refractivity contribution is 0.197. The zero-order chi connectivity index (χ0) is 15.2. The van der Waals surface area contributed by atoms with Crippen molar-refractivity contribution in [2.45, 2.75) is 25.9 Å². The first kappa shape index (κ1) is 20.1. The topological polar surface area (TPSA) is 39.7 Å². The van der Waals surface area contributed by atoms with Gasteiger partial charge in [0.15, 0.2) is 5.96 Å². The molecule has 0 aliphatic rings. The molecule has 0 heterocycles. The maximum Gasteiger partial charge on any atom is 0.191 e. The molecule has 0 unspecified atom stereocenters. The molecule has 2 N–H and O–H groups in total. The van der Waals surface area contributed by atoms with Gasteiger partial charge in [0.1, 0.15) is 5.82 Å². The van der Waals surface area contributed by atoms with E-state index < -0.39 is 0 Å². The summed E-state index contributed by atoms with van der Waals surface area (Å²) in [6.07, 6.45) is 0. The summed E-state index contributed by atoms with van der Waals surface area (Å²) in [7, 11) is 5.84. The number of nitrogens with zero attached hydrogens (tertiary/aromatic N) is 2. The van der Waals surface area contributed by atoms with Crippen molar-refractivity contribution in [3.8, 4) is 0 Å². The van der Waals surface area contributed by atoms with Gasteiger partial charge in [0.05, 0.1) is 0 Å². The highest BCUT2D eigenvalue weighted by molar-refractivity contribution is 14.0. The standard InChI is InChI=1S/C15H25FN4.HI/c1-15(2,20(4)5)11-19-14(17-3)18-10-12-6-8-13(16)9-7-12;/h6-9H,10-11H2,1-5H3,(H2,17,18,19);1H. The summed E-state index contributed by atoms with van der Waals surface area (Å²) < 4.78 is 12.8. The Morgan fingerprint density at radius 1 is 1.19 bits per heavy atom. The Balaban J connectivity index is 0.00000400. The first-order valence-electron chi connectivity index (χ1n) is 6.71. The van der Waals surface area contributed by atoms with E-state index in [1.807, 2.05) is 0 Å². The van der Waals surface area contributed by atoms with Crippen LogP contribution in [0.25, 0.3) is 0 Å². The van der Waals surface area contributed by atoms with Crippen molar-refractivity contribution in [3.05, 3.63) is 35.6 Å². The molecular weight excluding hydrogens is 382 g/mol. The first-order chi connectivity index (χ1) is 9.35. The van der Waals surface area contributed by atoms with Crippen molar-refractivity contribution in [2.75, 3.05) is 27.7 Å². The summed E-state index contributed by atoms with van der Waals surface area (Å²) in [5.41, 5.74) is 1.05. The van der Waals surface area contributed by atoms with Crippen molar-refractivity contribution < 1.29 is 4.39 Å². The van der Waals surface area contributed by atoms with Crippen LogP contribution in [0.3, 0.4) is 0 Å². The molecule has 1 rings (SSSR count). The minimum atomic E-state index is -0.219. The van der Waals surface area contributed by atoms with Crippen molar-refractivity contribution in [2.24, 2.45) is 4.99 Å². The van der Waals surface area contributed by atoms with Gasteiger partial charge in [-0.25, -0.2) is 4.39 Å². The average Bonchev–Trinajstić information content (AvgIpc) is 2.40. The van der Waals surface area contributed by atoms with E-state index in [1.165, 1.54) is 12.1 Å². The number of nitrogens with one attached hydrogen (secondary N) is 2. The number of likely N-dealkylation sites (N-methyl/N-ethyl adjacent to an activating group) is 1. The van der Waals surface area contributed by atoms with Crippen LogP contribution in [0.15, 0.2) is 29.3 Å². The van der Waals surface area contributed by atoms with E-state index in [9.17, 15) is 4.39 Å². The molecule has 0 aliphatic carbocycles. The Bertz CT molecular complexity index is 443. The van der Waals surface area contributed by atoms with Gasteiger partial charge in [0, 0.05) is 25.7 Å². The normalized spacial score (nSPS) is 12.0. The molecule has 1 aromatic rings. The lowest BCUT2D eigenvalue weighted by atomic mass is 10.0. The number of benzene rings is 1. The molecule has 1 aromatic carbocycles. The molecule has 120 valence electrons. The summed E-state index contributed by atoms with van der Waals surface area (Å²) in [6, 6.07) is 6.45. The first-order valence-corrected chi connectivity index (χ1v) is 6.71. The van der Waals surface area contributed by atoms with E-state index in [0.29, 0.717) is 6.54 Å². The fraction of sp³-hybridized carbons (Fsp3) is 0.533. The number of guanidine groups is 1.